The molecule has 1 amide bonds. The van der Waals surface area contributed by atoms with Crippen LogP contribution >= 0.6 is 0 Å². The normalized spacial score (nSPS) is 38.5. The number of amides is 1. The molecule has 0 radical (unpaired) electrons. The highest BCUT2D eigenvalue weighted by Crippen LogP contribution is 2.35. The van der Waals surface area contributed by atoms with Crippen molar-refractivity contribution in [2.45, 2.75) is 50.4 Å². The van der Waals surface area contributed by atoms with E-state index in [0.717, 1.165) is 45.2 Å². The van der Waals surface area contributed by atoms with Gasteiger partial charge >= 0.3 is 0 Å². The summed E-state index contributed by atoms with van der Waals surface area (Å²) in [7, 11) is 0. The predicted molar refractivity (Wildman–Crippen MR) is 91.7 cm³/mol. The number of hydrogen-bond acceptors (Lipinski definition) is 7. The van der Waals surface area contributed by atoms with E-state index in [1.165, 1.54) is 0 Å². The SMILES string of the molecule is N#CC1CCCC(C2CC(N3CCN4CCN(C#N)C[C@H]4C3=O)ON2)C1. The number of carbonyl (C=O) groups excluding carboxylic acids is 1. The van der Waals surface area contributed by atoms with E-state index in [1.54, 1.807) is 4.90 Å². The second kappa shape index (κ2) is 7.40. The average molecular weight is 358 g/mol. The summed E-state index contributed by atoms with van der Waals surface area (Å²) in [5, 5.41) is 18.3. The Kier molecular flexibility index (Phi) is 4.99. The fourth-order valence-corrected chi connectivity index (χ4v) is 4.91. The van der Waals surface area contributed by atoms with Crippen LogP contribution in [0.1, 0.15) is 32.1 Å². The first-order chi connectivity index (χ1) is 12.7. The maximum Gasteiger partial charge on any atom is 0.243 e. The minimum Gasteiger partial charge on any atom is -0.312 e. The lowest BCUT2D eigenvalue weighted by Gasteiger charge is -2.46. The largest absolute Gasteiger partial charge is 0.312 e. The van der Waals surface area contributed by atoms with Crippen LogP contribution in [0.25, 0.3) is 0 Å². The van der Waals surface area contributed by atoms with Crippen molar-refractivity contribution in [3.05, 3.63) is 0 Å². The van der Waals surface area contributed by atoms with Gasteiger partial charge in [-0.3, -0.25) is 14.5 Å². The van der Waals surface area contributed by atoms with Gasteiger partial charge in [0, 0.05) is 44.6 Å². The summed E-state index contributed by atoms with van der Waals surface area (Å²) in [6, 6.07) is 2.38. The molecule has 0 aromatic rings. The number of nitrogens with zero attached hydrogens (tertiary/aromatic N) is 5. The van der Waals surface area contributed by atoms with Crippen LogP contribution in [0.5, 0.6) is 0 Å². The van der Waals surface area contributed by atoms with Gasteiger partial charge in [-0.2, -0.15) is 16.0 Å². The fourth-order valence-electron chi connectivity index (χ4n) is 4.91. The Balaban J connectivity index is 1.37. The summed E-state index contributed by atoms with van der Waals surface area (Å²) in [5.74, 6) is 0.666. The topological polar surface area (TPSA) is 95.6 Å². The maximum atomic E-state index is 13.0. The van der Waals surface area contributed by atoms with E-state index < -0.39 is 0 Å². The summed E-state index contributed by atoms with van der Waals surface area (Å²) >= 11 is 0. The van der Waals surface area contributed by atoms with Crippen LogP contribution in [-0.4, -0.2) is 71.6 Å². The number of hydrogen-bond donors (Lipinski definition) is 1. The van der Waals surface area contributed by atoms with Gasteiger partial charge in [-0.1, -0.05) is 6.42 Å². The average Bonchev–Trinajstić information content (AvgIpc) is 3.18. The first kappa shape index (κ1) is 17.5. The summed E-state index contributed by atoms with van der Waals surface area (Å²) in [6.07, 6.45) is 6.84. The number of fused-ring (bicyclic) bond motifs is 1. The standard InChI is InChI=1S/C18H26N6O2/c19-10-13-2-1-3-14(8-13)15-9-17(26-21-15)24-7-6-23-5-4-22(12-20)11-16(23)18(24)25/h13-17,21H,1-9,11H2/t13?,14?,15?,16-,17?/m0/s1. The third-order valence-corrected chi connectivity index (χ3v) is 6.45. The van der Waals surface area contributed by atoms with Crippen molar-refractivity contribution in [3.8, 4) is 12.3 Å². The molecule has 0 aromatic carbocycles. The summed E-state index contributed by atoms with van der Waals surface area (Å²) < 4.78 is 0. The highest BCUT2D eigenvalue weighted by molar-refractivity contribution is 5.83. The van der Waals surface area contributed by atoms with Gasteiger partial charge in [0.1, 0.15) is 6.04 Å². The van der Waals surface area contributed by atoms with Gasteiger partial charge in [0.25, 0.3) is 0 Å². The first-order valence-corrected chi connectivity index (χ1v) is 9.69. The molecule has 1 N–H and O–H groups in total. The number of carbonyl (C=O) groups is 1. The van der Waals surface area contributed by atoms with E-state index in [2.05, 4.69) is 22.6 Å². The van der Waals surface area contributed by atoms with Crippen LogP contribution in [0.15, 0.2) is 0 Å². The lowest BCUT2D eigenvalue weighted by atomic mass is 9.78. The molecular weight excluding hydrogens is 332 g/mol. The fraction of sp³-hybridized carbons (Fsp3) is 0.833. The molecule has 26 heavy (non-hydrogen) atoms. The van der Waals surface area contributed by atoms with Crippen molar-refractivity contribution in [2.24, 2.45) is 11.8 Å². The first-order valence-electron chi connectivity index (χ1n) is 9.69. The number of nitrogens with one attached hydrogen (secondary N) is 1. The second-order valence-corrected chi connectivity index (χ2v) is 7.91. The number of nitriles is 2. The molecule has 1 aliphatic carbocycles. The molecule has 1 saturated carbocycles. The molecular formula is C18H26N6O2. The van der Waals surface area contributed by atoms with Gasteiger partial charge in [0.15, 0.2) is 12.4 Å². The molecule has 5 atom stereocenters. The van der Waals surface area contributed by atoms with E-state index >= 15 is 0 Å². The van der Waals surface area contributed by atoms with Gasteiger partial charge in [0.2, 0.25) is 5.91 Å². The van der Waals surface area contributed by atoms with Crippen LogP contribution in [-0.2, 0) is 9.63 Å². The Hall–Kier alpha value is -1.87. The third kappa shape index (κ3) is 3.25. The van der Waals surface area contributed by atoms with Crippen LogP contribution < -0.4 is 5.48 Å². The molecule has 8 heteroatoms. The Bertz CT molecular complexity index is 628. The van der Waals surface area contributed by atoms with Gasteiger partial charge in [0.05, 0.1) is 12.6 Å². The molecule has 8 nitrogen and oxygen atoms in total. The zero-order valence-electron chi connectivity index (χ0n) is 15.0. The zero-order valence-corrected chi connectivity index (χ0v) is 15.0. The summed E-state index contributed by atoms with van der Waals surface area (Å²) in [6.45, 7) is 3.45. The molecule has 4 aliphatic rings. The number of rotatable bonds is 2. The van der Waals surface area contributed by atoms with E-state index in [-0.39, 0.29) is 30.1 Å². The molecule has 140 valence electrons. The van der Waals surface area contributed by atoms with Crippen molar-refractivity contribution in [3.63, 3.8) is 0 Å². The maximum absolute atomic E-state index is 13.0. The number of hydroxylamine groups is 1. The summed E-state index contributed by atoms with van der Waals surface area (Å²) in [4.78, 5) is 24.5. The van der Waals surface area contributed by atoms with Crippen LogP contribution in [0.4, 0.5) is 0 Å². The van der Waals surface area contributed by atoms with E-state index in [0.29, 0.717) is 25.6 Å². The number of piperazine rings is 2. The zero-order chi connectivity index (χ0) is 18.1. The highest BCUT2D eigenvalue weighted by Gasteiger charge is 2.44. The summed E-state index contributed by atoms with van der Waals surface area (Å²) in [5.41, 5.74) is 3.15. The van der Waals surface area contributed by atoms with Crippen molar-refractivity contribution in [2.75, 3.05) is 32.7 Å². The molecule has 0 bridgehead atoms. The molecule has 4 rings (SSSR count). The van der Waals surface area contributed by atoms with Crippen molar-refractivity contribution < 1.29 is 9.63 Å². The van der Waals surface area contributed by atoms with Gasteiger partial charge in [-0.25, -0.2) is 0 Å². The Morgan fingerprint density at radius 3 is 2.77 bits per heavy atom. The molecule has 0 spiro atoms. The van der Waals surface area contributed by atoms with Crippen molar-refractivity contribution >= 4 is 5.91 Å². The minimum atomic E-state index is -0.241. The van der Waals surface area contributed by atoms with Crippen LogP contribution in [0, 0.1) is 34.6 Å². The van der Waals surface area contributed by atoms with Crippen LogP contribution in [0.2, 0.25) is 0 Å². The lowest BCUT2D eigenvalue weighted by molar-refractivity contribution is -0.161. The van der Waals surface area contributed by atoms with Gasteiger partial charge < -0.3 is 9.80 Å². The van der Waals surface area contributed by atoms with Crippen LogP contribution in [0.3, 0.4) is 0 Å². The molecule has 4 unspecified atom stereocenters. The van der Waals surface area contributed by atoms with Gasteiger partial charge in [-0.15, -0.1) is 0 Å². The quantitative estimate of drug-likeness (QED) is 0.707. The highest BCUT2D eigenvalue weighted by atomic mass is 16.7. The van der Waals surface area contributed by atoms with E-state index in [4.69, 9.17) is 10.1 Å². The molecule has 3 heterocycles. The minimum absolute atomic E-state index is 0.0715. The smallest absolute Gasteiger partial charge is 0.243 e. The Morgan fingerprint density at radius 1 is 1.12 bits per heavy atom. The molecule has 0 aromatic heterocycles. The van der Waals surface area contributed by atoms with Gasteiger partial charge in [-0.05, 0) is 25.2 Å². The Morgan fingerprint density at radius 2 is 1.96 bits per heavy atom. The Labute approximate surface area is 154 Å². The predicted octanol–water partition coefficient (Wildman–Crippen LogP) is 0.245. The molecule has 3 aliphatic heterocycles. The molecule has 3 saturated heterocycles. The van der Waals surface area contributed by atoms with Crippen molar-refractivity contribution in [1.29, 1.82) is 10.5 Å². The molecule has 4 fully saturated rings. The van der Waals surface area contributed by atoms with E-state index in [9.17, 15) is 10.1 Å². The van der Waals surface area contributed by atoms with Crippen molar-refractivity contribution in [1.82, 2.24) is 20.2 Å². The lowest BCUT2D eigenvalue weighted by Crippen LogP contribution is -2.65. The third-order valence-electron chi connectivity index (χ3n) is 6.45. The second-order valence-electron chi connectivity index (χ2n) is 7.91. The van der Waals surface area contributed by atoms with E-state index in [1.807, 2.05) is 4.90 Å². The monoisotopic (exact) mass is 358 g/mol.